The van der Waals surface area contributed by atoms with E-state index >= 15 is 0 Å². The minimum atomic E-state index is -0.556. The van der Waals surface area contributed by atoms with Gasteiger partial charge < -0.3 is 14.8 Å². The van der Waals surface area contributed by atoms with Crippen molar-refractivity contribution in [3.8, 4) is 0 Å². The van der Waals surface area contributed by atoms with Crippen LogP contribution in [0, 0.1) is 5.92 Å². The number of rotatable bonds is 7. The van der Waals surface area contributed by atoms with Crippen molar-refractivity contribution in [3.05, 3.63) is 33.7 Å². The maximum Gasteiger partial charge on any atom is 0.338 e. The van der Waals surface area contributed by atoms with Gasteiger partial charge in [-0.2, -0.15) is 11.3 Å². The molecular formula is C21H29N3O5S. The lowest BCUT2D eigenvalue weighted by Gasteiger charge is -2.38. The van der Waals surface area contributed by atoms with Crippen LogP contribution in [0.25, 0.3) is 0 Å². The van der Waals surface area contributed by atoms with Crippen LogP contribution in [-0.4, -0.2) is 67.7 Å². The van der Waals surface area contributed by atoms with Crippen molar-refractivity contribution in [3.63, 3.8) is 0 Å². The van der Waals surface area contributed by atoms with E-state index in [9.17, 15) is 14.4 Å². The number of carbonyl (C=O) groups is 3. The number of thiophene rings is 1. The molecule has 0 unspecified atom stereocenters. The minimum absolute atomic E-state index is 0.187. The summed E-state index contributed by atoms with van der Waals surface area (Å²) in [6, 6.07) is 1.07. The fraction of sp³-hybridized carbons (Fsp3) is 0.571. The number of esters is 2. The van der Waals surface area contributed by atoms with Crippen LogP contribution in [0.4, 0.5) is 4.79 Å². The SMILES string of the molecule is CCOC(=O)C1=C(CN2CCC[C@@H](C(=O)OCC)C2)N(C)C(=O)N[C@H]1c1ccsc1. The number of piperidine rings is 1. The Kier molecular flexibility index (Phi) is 7.49. The average Bonchev–Trinajstić information content (AvgIpc) is 3.26. The van der Waals surface area contributed by atoms with Crippen LogP contribution in [0.2, 0.25) is 0 Å². The molecule has 0 aromatic carbocycles. The summed E-state index contributed by atoms with van der Waals surface area (Å²) >= 11 is 1.51. The summed E-state index contributed by atoms with van der Waals surface area (Å²) in [6.07, 6.45) is 1.64. The summed E-state index contributed by atoms with van der Waals surface area (Å²) in [5, 5.41) is 6.75. The molecule has 0 aliphatic carbocycles. The van der Waals surface area contributed by atoms with Gasteiger partial charge in [-0.25, -0.2) is 9.59 Å². The average molecular weight is 436 g/mol. The maximum atomic E-state index is 12.9. The summed E-state index contributed by atoms with van der Waals surface area (Å²) in [5.41, 5.74) is 1.90. The molecule has 1 N–H and O–H groups in total. The Hall–Kier alpha value is -2.39. The van der Waals surface area contributed by atoms with Crippen molar-refractivity contribution in [2.24, 2.45) is 5.92 Å². The lowest BCUT2D eigenvalue weighted by Crippen LogP contribution is -2.50. The highest BCUT2D eigenvalue weighted by Crippen LogP contribution is 2.33. The first kappa shape index (κ1) is 22.3. The highest BCUT2D eigenvalue weighted by atomic mass is 32.1. The number of nitrogens with zero attached hydrogens (tertiary/aromatic N) is 2. The Balaban J connectivity index is 1.92. The van der Waals surface area contributed by atoms with Crippen molar-refractivity contribution in [1.29, 1.82) is 0 Å². The van der Waals surface area contributed by atoms with E-state index in [-0.39, 0.29) is 24.5 Å². The molecule has 1 aromatic rings. The number of ether oxygens (including phenoxy) is 2. The largest absolute Gasteiger partial charge is 0.466 e. The van der Waals surface area contributed by atoms with Gasteiger partial charge in [0.2, 0.25) is 0 Å². The summed E-state index contributed by atoms with van der Waals surface area (Å²) in [5.74, 6) is -0.817. The van der Waals surface area contributed by atoms with Crippen molar-refractivity contribution < 1.29 is 23.9 Å². The Bertz CT molecular complexity index is 808. The summed E-state index contributed by atoms with van der Waals surface area (Å²) < 4.78 is 10.5. The van der Waals surface area contributed by atoms with Gasteiger partial charge in [0.15, 0.2) is 0 Å². The fourth-order valence-corrected chi connectivity index (χ4v) is 4.64. The molecule has 0 spiro atoms. The van der Waals surface area contributed by atoms with Crippen LogP contribution in [-0.2, 0) is 19.1 Å². The van der Waals surface area contributed by atoms with Gasteiger partial charge in [0.25, 0.3) is 0 Å². The molecule has 2 amide bonds. The third-order valence-corrected chi connectivity index (χ3v) is 6.15. The van der Waals surface area contributed by atoms with Gasteiger partial charge in [-0.1, -0.05) is 0 Å². The number of urea groups is 1. The third-order valence-electron chi connectivity index (χ3n) is 5.45. The number of hydrogen-bond donors (Lipinski definition) is 1. The number of hydrogen-bond acceptors (Lipinski definition) is 7. The van der Waals surface area contributed by atoms with Crippen LogP contribution in [0.1, 0.15) is 38.3 Å². The second-order valence-corrected chi connectivity index (χ2v) is 8.19. The van der Waals surface area contributed by atoms with E-state index in [1.165, 1.54) is 16.2 Å². The van der Waals surface area contributed by atoms with Gasteiger partial charge >= 0.3 is 18.0 Å². The van der Waals surface area contributed by atoms with E-state index in [0.29, 0.717) is 31.0 Å². The zero-order valence-electron chi connectivity index (χ0n) is 17.7. The molecule has 1 saturated heterocycles. The Morgan fingerprint density at radius 2 is 2.03 bits per heavy atom. The Morgan fingerprint density at radius 3 is 2.70 bits per heavy atom. The van der Waals surface area contributed by atoms with Gasteiger partial charge in [-0.05, 0) is 55.6 Å². The topological polar surface area (TPSA) is 88.2 Å². The standard InChI is InChI=1S/C21H29N3O5S/c1-4-28-19(25)14-7-6-9-24(11-14)12-16-17(20(26)29-5-2)18(15-8-10-30-13-15)22-21(27)23(16)3/h8,10,13-14,18H,4-7,9,11-12H2,1-3H3,(H,22,27)/t14-,18+/m1/s1. The molecule has 0 bridgehead atoms. The van der Waals surface area contributed by atoms with E-state index in [2.05, 4.69) is 10.2 Å². The monoisotopic (exact) mass is 435 g/mol. The van der Waals surface area contributed by atoms with Crippen molar-refractivity contribution >= 4 is 29.3 Å². The second kappa shape index (κ2) is 10.1. The van der Waals surface area contributed by atoms with Crippen molar-refractivity contribution in [2.45, 2.75) is 32.7 Å². The highest BCUT2D eigenvalue weighted by Gasteiger charge is 2.38. The molecule has 2 aliphatic heterocycles. The molecule has 1 fully saturated rings. The number of carbonyl (C=O) groups excluding carboxylic acids is 3. The van der Waals surface area contributed by atoms with Gasteiger partial charge in [0.1, 0.15) is 0 Å². The quantitative estimate of drug-likeness (QED) is 0.662. The smallest absolute Gasteiger partial charge is 0.338 e. The zero-order valence-corrected chi connectivity index (χ0v) is 18.5. The number of likely N-dealkylation sites (N-methyl/N-ethyl adjacent to an activating group) is 1. The molecule has 3 rings (SSSR count). The van der Waals surface area contributed by atoms with Gasteiger partial charge in [0.05, 0.1) is 30.7 Å². The lowest BCUT2D eigenvalue weighted by atomic mass is 9.94. The van der Waals surface area contributed by atoms with Crippen molar-refractivity contribution in [2.75, 3.05) is 39.9 Å². The number of amides is 2. The van der Waals surface area contributed by atoms with Crippen LogP contribution in [0.3, 0.4) is 0 Å². The van der Waals surface area contributed by atoms with Gasteiger partial charge in [-0.15, -0.1) is 0 Å². The second-order valence-electron chi connectivity index (χ2n) is 7.41. The van der Waals surface area contributed by atoms with Crippen LogP contribution < -0.4 is 5.32 Å². The molecule has 0 saturated carbocycles. The first-order valence-corrected chi connectivity index (χ1v) is 11.3. The zero-order chi connectivity index (χ0) is 21.7. The van der Waals surface area contributed by atoms with E-state index in [4.69, 9.17) is 9.47 Å². The predicted molar refractivity (Wildman–Crippen MR) is 113 cm³/mol. The molecule has 8 nitrogen and oxygen atoms in total. The molecule has 2 aliphatic rings. The lowest BCUT2D eigenvalue weighted by molar-refractivity contribution is -0.150. The Labute approximate surface area is 180 Å². The molecule has 2 atom stereocenters. The summed E-state index contributed by atoms with van der Waals surface area (Å²) in [6.45, 7) is 5.88. The fourth-order valence-electron chi connectivity index (χ4n) is 3.95. The number of likely N-dealkylation sites (tertiary alicyclic amines) is 1. The molecule has 0 radical (unpaired) electrons. The first-order valence-electron chi connectivity index (χ1n) is 10.3. The third kappa shape index (κ3) is 4.84. The molecular weight excluding hydrogens is 406 g/mol. The first-order chi connectivity index (χ1) is 14.5. The van der Waals surface area contributed by atoms with Gasteiger partial charge in [-0.3, -0.25) is 14.6 Å². The van der Waals surface area contributed by atoms with Crippen LogP contribution in [0.15, 0.2) is 28.1 Å². The minimum Gasteiger partial charge on any atom is -0.466 e. The molecule has 164 valence electrons. The molecule has 1 aromatic heterocycles. The molecule has 30 heavy (non-hydrogen) atoms. The van der Waals surface area contributed by atoms with E-state index in [0.717, 1.165) is 24.9 Å². The summed E-state index contributed by atoms with van der Waals surface area (Å²) in [4.78, 5) is 41.4. The highest BCUT2D eigenvalue weighted by molar-refractivity contribution is 7.08. The number of nitrogens with one attached hydrogen (secondary N) is 1. The summed E-state index contributed by atoms with van der Waals surface area (Å²) in [7, 11) is 1.65. The predicted octanol–water partition coefficient (Wildman–Crippen LogP) is 2.54. The molecule has 9 heteroatoms. The Morgan fingerprint density at radius 1 is 1.27 bits per heavy atom. The van der Waals surface area contributed by atoms with E-state index < -0.39 is 12.0 Å². The normalized spacial score (nSPS) is 22.6. The molecule has 3 heterocycles. The van der Waals surface area contributed by atoms with E-state index in [1.54, 1.807) is 20.9 Å². The van der Waals surface area contributed by atoms with Crippen molar-refractivity contribution in [1.82, 2.24) is 15.1 Å². The van der Waals surface area contributed by atoms with Gasteiger partial charge in [0, 0.05) is 25.8 Å². The maximum absolute atomic E-state index is 12.9. The van der Waals surface area contributed by atoms with Crippen LogP contribution >= 0.6 is 11.3 Å². The van der Waals surface area contributed by atoms with E-state index in [1.807, 2.05) is 16.8 Å². The van der Waals surface area contributed by atoms with Crippen LogP contribution in [0.5, 0.6) is 0 Å².